The third-order valence-corrected chi connectivity index (χ3v) is 5.00. The van der Waals surface area contributed by atoms with Gasteiger partial charge in [0.1, 0.15) is 17.1 Å². The average molecular weight is 456 g/mol. The largest absolute Gasteiger partial charge is 0.459 e. The maximum atomic E-state index is 12.7. The molecule has 7 heteroatoms. The quantitative estimate of drug-likeness (QED) is 0.408. The van der Waals surface area contributed by atoms with Gasteiger partial charge in [0.05, 0.1) is 6.04 Å². The first-order valence-corrected chi connectivity index (χ1v) is 11.2. The molecule has 172 valence electrons. The molecule has 0 saturated carbocycles. The van der Waals surface area contributed by atoms with E-state index in [-0.39, 0.29) is 18.5 Å². The van der Waals surface area contributed by atoms with Crippen LogP contribution in [0.2, 0.25) is 0 Å². The Labute approximate surface area is 196 Å². The molecule has 0 aromatic heterocycles. The third kappa shape index (κ3) is 8.30. The molecule has 2 rings (SSSR count). The van der Waals surface area contributed by atoms with E-state index in [1.807, 2.05) is 89.2 Å². The van der Waals surface area contributed by atoms with Crippen LogP contribution in [0.15, 0.2) is 54.6 Å². The Kier molecular flexibility index (Phi) is 9.20. The second-order valence-electron chi connectivity index (χ2n) is 8.66. The number of rotatable bonds is 8. The lowest BCUT2D eigenvalue weighted by Gasteiger charge is -2.31. The molecule has 0 radical (unpaired) electrons. The summed E-state index contributed by atoms with van der Waals surface area (Å²) in [5, 5.41) is 5.83. The second-order valence-corrected chi connectivity index (χ2v) is 9.07. The molecule has 0 aliphatic rings. The van der Waals surface area contributed by atoms with Gasteiger partial charge in [-0.1, -0.05) is 55.9 Å². The summed E-state index contributed by atoms with van der Waals surface area (Å²) < 4.78 is 5.51. The molecule has 1 atom stereocenters. The molecule has 1 unspecified atom stereocenters. The first-order chi connectivity index (χ1) is 15.1. The Balaban J connectivity index is 2.20. The van der Waals surface area contributed by atoms with Crippen molar-refractivity contribution < 1.29 is 14.3 Å². The number of amides is 2. The standard InChI is InChI=1S/C25H33N3O3S/c1-6-11-21(27-24(30)26-19-13-10-12-18(2)16-19)23(32)28(20-14-8-7-9-15-20)17-22(29)31-25(3,4)5/h7-10,12-16,21H,6,11,17H2,1-5H3,(H2,26,27,30). The summed E-state index contributed by atoms with van der Waals surface area (Å²) in [4.78, 5) is 27.5. The molecule has 0 saturated heterocycles. The van der Waals surface area contributed by atoms with Crippen molar-refractivity contribution in [2.45, 2.75) is 59.1 Å². The van der Waals surface area contributed by atoms with Gasteiger partial charge < -0.3 is 20.3 Å². The molecule has 0 aliphatic heterocycles. The van der Waals surface area contributed by atoms with Crippen LogP contribution in [0.1, 0.15) is 46.1 Å². The number of urea groups is 1. The van der Waals surface area contributed by atoms with Crippen LogP contribution in [0.3, 0.4) is 0 Å². The lowest BCUT2D eigenvalue weighted by Crippen LogP contribution is -2.50. The number of aryl methyl sites for hydroxylation is 1. The zero-order chi connectivity index (χ0) is 23.7. The fourth-order valence-corrected chi connectivity index (χ4v) is 3.54. The molecule has 0 heterocycles. The van der Waals surface area contributed by atoms with Crippen LogP contribution in [0.4, 0.5) is 16.2 Å². The average Bonchev–Trinajstić information content (AvgIpc) is 2.70. The van der Waals surface area contributed by atoms with Gasteiger partial charge in [-0.2, -0.15) is 0 Å². The lowest BCUT2D eigenvalue weighted by atomic mass is 10.1. The smallest absolute Gasteiger partial charge is 0.326 e. The summed E-state index contributed by atoms with van der Waals surface area (Å²) in [5.41, 5.74) is 1.93. The summed E-state index contributed by atoms with van der Waals surface area (Å²) in [6.07, 6.45) is 1.45. The summed E-state index contributed by atoms with van der Waals surface area (Å²) >= 11 is 5.78. The van der Waals surface area contributed by atoms with Gasteiger partial charge in [0.2, 0.25) is 0 Å². The maximum Gasteiger partial charge on any atom is 0.326 e. The van der Waals surface area contributed by atoms with E-state index < -0.39 is 11.6 Å². The van der Waals surface area contributed by atoms with Gasteiger partial charge in [-0.25, -0.2) is 4.79 Å². The minimum atomic E-state index is -0.601. The third-order valence-electron chi connectivity index (χ3n) is 4.50. The van der Waals surface area contributed by atoms with Crippen molar-refractivity contribution in [2.75, 3.05) is 16.8 Å². The van der Waals surface area contributed by atoms with Crippen LogP contribution in [0.5, 0.6) is 0 Å². The van der Waals surface area contributed by atoms with E-state index in [0.29, 0.717) is 17.1 Å². The zero-order valence-corrected chi connectivity index (χ0v) is 20.3. The number of nitrogens with zero attached hydrogens (tertiary/aromatic N) is 1. The van der Waals surface area contributed by atoms with Crippen molar-refractivity contribution in [2.24, 2.45) is 0 Å². The van der Waals surface area contributed by atoms with E-state index in [4.69, 9.17) is 17.0 Å². The van der Waals surface area contributed by atoms with Crippen molar-refractivity contribution in [3.05, 3.63) is 60.2 Å². The molecule has 2 aromatic rings. The predicted molar refractivity (Wildman–Crippen MR) is 134 cm³/mol. The van der Waals surface area contributed by atoms with Gasteiger partial charge in [0.25, 0.3) is 0 Å². The maximum absolute atomic E-state index is 12.7. The predicted octanol–water partition coefficient (Wildman–Crippen LogP) is 5.46. The molecular weight excluding hydrogens is 422 g/mol. The summed E-state index contributed by atoms with van der Waals surface area (Å²) in [6, 6.07) is 16.2. The Hall–Kier alpha value is -2.93. The van der Waals surface area contributed by atoms with Gasteiger partial charge >= 0.3 is 12.0 Å². The van der Waals surface area contributed by atoms with Crippen LogP contribution < -0.4 is 15.5 Å². The van der Waals surface area contributed by atoms with E-state index in [2.05, 4.69) is 10.6 Å². The van der Waals surface area contributed by atoms with Crippen molar-refractivity contribution in [3.8, 4) is 0 Å². The summed E-state index contributed by atoms with van der Waals surface area (Å²) in [7, 11) is 0. The number of carbonyl (C=O) groups excluding carboxylic acids is 2. The van der Waals surface area contributed by atoms with Gasteiger partial charge in [-0.3, -0.25) is 4.79 Å². The van der Waals surface area contributed by atoms with Crippen LogP contribution in [0, 0.1) is 6.92 Å². The summed E-state index contributed by atoms with van der Waals surface area (Å²) in [6.45, 7) is 9.43. The van der Waals surface area contributed by atoms with E-state index in [9.17, 15) is 9.59 Å². The Morgan fingerprint density at radius 3 is 2.38 bits per heavy atom. The normalized spacial score (nSPS) is 11.9. The van der Waals surface area contributed by atoms with Crippen molar-refractivity contribution in [1.29, 1.82) is 0 Å². The van der Waals surface area contributed by atoms with Crippen LogP contribution in [-0.2, 0) is 9.53 Å². The van der Waals surface area contributed by atoms with Crippen molar-refractivity contribution >= 4 is 40.6 Å². The molecule has 2 N–H and O–H groups in total. The number of esters is 1. The Bertz CT molecular complexity index is 926. The highest BCUT2D eigenvalue weighted by Crippen LogP contribution is 2.19. The fraction of sp³-hybridized carbons (Fsp3) is 0.400. The van der Waals surface area contributed by atoms with Gasteiger partial charge in [-0.05, 0) is 63.9 Å². The molecule has 6 nitrogen and oxygen atoms in total. The van der Waals surface area contributed by atoms with Crippen LogP contribution in [0.25, 0.3) is 0 Å². The molecule has 0 bridgehead atoms. The number of hydrogen-bond donors (Lipinski definition) is 2. The SMILES string of the molecule is CCCC(NC(=O)Nc1cccc(C)c1)C(=S)N(CC(=O)OC(C)(C)C)c1ccccc1. The topological polar surface area (TPSA) is 70.7 Å². The van der Waals surface area contributed by atoms with Crippen LogP contribution >= 0.6 is 12.2 Å². The highest BCUT2D eigenvalue weighted by molar-refractivity contribution is 7.80. The van der Waals surface area contributed by atoms with Gasteiger partial charge in [0.15, 0.2) is 0 Å². The van der Waals surface area contributed by atoms with E-state index in [0.717, 1.165) is 17.7 Å². The van der Waals surface area contributed by atoms with Crippen LogP contribution in [-0.4, -0.2) is 35.2 Å². The number of benzene rings is 2. The molecular formula is C25H33N3O3S. The van der Waals surface area contributed by atoms with Crippen molar-refractivity contribution in [3.63, 3.8) is 0 Å². The molecule has 0 fully saturated rings. The second kappa shape index (κ2) is 11.6. The molecule has 2 aromatic carbocycles. The Morgan fingerprint density at radius 1 is 1.09 bits per heavy atom. The number of thiocarbonyl (C=S) groups is 1. The Morgan fingerprint density at radius 2 is 1.78 bits per heavy atom. The van der Waals surface area contributed by atoms with Crippen molar-refractivity contribution in [1.82, 2.24) is 5.32 Å². The zero-order valence-electron chi connectivity index (χ0n) is 19.5. The van der Waals surface area contributed by atoms with Gasteiger partial charge in [0, 0.05) is 11.4 Å². The highest BCUT2D eigenvalue weighted by atomic mass is 32.1. The lowest BCUT2D eigenvalue weighted by molar-refractivity contribution is -0.152. The number of nitrogens with one attached hydrogen (secondary N) is 2. The van der Waals surface area contributed by atoms with E-state index >= 15 is 0 Å². The number of para-hydroxylation sites is 1. The first kappa shape index (κ1) is 25.3. The highest BCUT2D eigenvalue weighted by Gasteiger charge is 2.26. The minimum absolute atomic E-state index is 0.0402. The van der Waals surface area contributed by atoms with E-state index in [1.54, 1.807) is 4.90 Å². The first-order valence-electron chi connectivity index (χ1n) is 10.8. The van der Waals surface area contributed by atoms with E-state index in [1.165, 1.54) is 0 Å². The fourth-order valence-electron chi connectivity index (χ4n) is 3.19. The summed E-state index contributed by atoms with van der Waals surface area (Å²) in [5.74, 6) is -0.386. The number of ether oxygens (including phenoxy) is 1. The molecule has 32 heavy (non-hydrogen) atoms. The number of anilines is 2. The monoisotopic (exact) mass is 455 g/mol. The molecule has 0 spiro atoms. The minimum Gasteiger partial charge on any atom is -0.459 e. The number of carbonyl (C=O) groups is 2. The number of hydrogen-bond acceptors (Lipinski definition) is 4. The molecule has 0 aliphatic carbocycles. The van der Waals surface area contributed by atoms with Gasteiger partial charge in [-0.15, -0.1) is 0 Å². The molecule has 2 amide bonds.